The third-order valence-corrected chi connectivity index (χ3v) is 4.67. The van der Waals surface area contributed by atoms with Crippen molar-refractivity contribution in [1.82, 2.24) is 15.5 Å². The quantitative estimate of drug-likeness (QED) is 0.636. The zero-order valence-corrected chi connectivity index (χ0v) is 14.3. The number of hydrogen-bond acceptors (Lipinski definition) is 3. The standard InChI is InChI=1S/C18H27FN4O/c1-2-20-18(21-10-14-6-3-4-8-17(14)19)22-11-16-12-23-9-5-7-15(23)13-24-16/h3-4,6,8,15-16H,2,5,7,9-13H2,1H3,(H2,20,21,22). The Morgan fingerprint density at radius 1 is 1.38 bits per heavy atom. The predicted octanol–water partition coefficient (Wildman–Crippen LogP) is 1.74. The van der Waals surface area contributed by atoms with Gasteiger partial charge in [0.25, 0.3) is 0 Å². The summed E-state index contributed by atoms with van der Waals surface area (Å²) in [5.74, 6) is 0.487. The molecule has 0 aliphatic carbocycles. The van der Waals surface area contributed by atoms with Crippen LogP contribution in [0.4, 0.5) is 4.39 Å². The number of hydrogen-bond donors (Lipinski definition) is 2. The molecule has 2 fully saturated rings. The molecule has 1 aromatic carbocycles. The molecule has 0 bridgehead atoms. The molecule has 5 nitrogen and oxygen atoms in total. The highest BCUT2D eigenvalue weighted by molar-refractivity contribution is 5.79. The Kier molecular flexibility index (Phi) is 6.04. The number of nitrogens with one attached hydrogen (secondary N) is 2. The predicted molar refractivity (Wildman–Crippen MR) is 93.6 cm³/mol. The van der Waals surface area contributed by atoms with Crippen LogP contribution in [-0.4, -0.2) is 55.8 Å². The van der Waals surface area contributed by atoms with Gasteiger partial charge < -0.3 is 15.4 Å². The largest absolute Gasteiger partial charge is 0.373 e. The second-order valence-electron chi connectivity index (χ2n) is 6.41. The lowest BCUT2D eigenvalue weighted by Gasteiger charge is -2.35. The fourth-order valence-corrected chi connectivity index (χ4v) is 3.35. The van der Waals surface area contributed by atoms with E-state index in [4.69, 9.17) is 4.74 Å². The number of benzene rings is 1. The molecule has 0 aromatic heterocycles. The van der Waals surface area contributed by atoms with Crippen LogP contribution in [0.5, 0.6) is 0 Å². The summed E-state index contributed by atoms with van der Waals surface area (Å²) in [6.07, 6.45) is 2.71. The highest BCUT2D eigenvalue weighted by Gasteiger charge is 2.32. The van der Waals surface area contributed by atoms with E-state index in [2.05, 4.69) is 20.5 Å². The summed E-state index contributed by atoms with van der Waals surface area (Å²) < 4.78 is 19.6. The van der Waals surface area contributed by atoms with Gasteiger partial charge in [-0.15, -0.1) is 0 Å². The van der Waals surface area contributed by atoms with Gasteiger partial charge in [0.2, 0.25) is 0 Å². The molecule has 3 rings (SSSR count). The van der Waals surface area contributed by atoms with Crippen LogP contribution in [0.2, 0.25) is 0 Å². The number of ether oxygens (including phenoxy) is 1. The Morgan fingerprint density at radius 3 is 3.08 bits per heavy atom. The Hall–Kier alpha value is -1.66. The summed E-state index contributed by atoms with van der Waals surface area (Å²) >= 11 is 0. The summed E-state index contributed by atoms with van der Waals surface area (Å²) in [5.41, 5.74) is 0.600. The van der Waals surface area contributed by atoms with Crippen LogP contribution in [-0.2, 0) is 11.3 Å². The van der Waals surface area contributed by atoms with E-state index in [1.165, 1.54) is 25.5 Å². The molecule has 0 saturated carbocycles. The SMILES string of the molecule is CCNC(=NCc1ccccc1F)NCC1CN2CCCC2CO1. The van der Waals surface area contributed by atoms with Gasteiger partial charge in [0.1, 0.15) is 5.82 Å². The molecule has 2 saturated heterocycles. The van der Waals surface area contributed by atoms with Crippen LogP contribution in [0, 0.1) is 5.82 Å². The third-order valence-electron chi connectivity index (χ3n) is 4.67. The first-order valence-electron chi connectivity index (χ1n) is 8.87. The maximum Gasteiger partial charge on any atom is 0.191 e. The molecule has 0 spiro atoms. The molecular formula is C18H27FN4O. The van der Waals surface area contributed by atoms with E-state index in [1.807, 2.05) is 13.0 Å². The molecular weight excluding hydrogens is 307 g/mol. The highest BCUT2D eigenvalue weighted by Crippen LogP contribution is 2.22. The first-order valence-corrected chi connectivity index (χ1v) is 8.87. The first-order chi connectivity index (χ1) is 11.8. The van der Waals surface area contributed by atoms with Gasteiger partial charge in [-0.3, -0.25) is 4.90 Å². The molecule has 2 aliphatic rings. The van der Waals surface area contributed by atoms with E-state index < -0.39 is 0 Å². The molecule has 0 amide bonds. The van der Waals surface area contributed by atoms with Crippen LogP contribution < -0.4 is 10.6 Å². The molecule has 2 aliphatic heterocycles. The van der Waals surface area contributed by atoms with Gasteiger partial charge >= 0.3 is 0 Å². The van der Waals surface area contributed by atoms with Crippen molar-refractivity contribution in [1.29, 1.82) is 0 Å². The van der Waals surface area contributed by atoms with Crippen molar-refractivity contribution < 1.29 is 9.13 Å². The lowest BCUT2D eigenvalue weighted by molar-refractivity contribution is -0.0453. The van der Waals surface area contributed by atoms with Gasteiger partial charge in [-0.2, -0.15) is 0 Å². The second-order valence-corrected chi connectivity index (χ2v) is 6.41. The zero-order valence-electron chi connectivity index (χ0n) is 14.3. The normalized spacial score (nSPS) is 24.7. The zero-order chi connectivity index (χ0) is 16.8. The molecule has 2 unspecified atom stereocenters. The number of rotatable bonds is 5. The summed E-state index contributed by atoms with van der Waals surface area (Å²) in [6.45, 7) is 6.81. The van der Waals surface area contributed by atoms with E-state index in [-0.39, 0.29) is 11.9 Å². The van der Waals surface area contributed by atoms with E-state index in [0.29, 0.717) is 30.7 Å². The monoisotopic (exact) mass is 334 g/mol. The number of morpholine rings is 1. The summed E-state index contributed by atoms with van der Waals surface area (Å²) in [6, 6.07) is 7.37. The number of nitrogens with zero attached hydrogens (tertiary/aromatic N) is 2. The van der Waals surface area contributed by atoms with Gasteiger partial charge in [0, 0.05) is 31.2 Å². The molecule has 2 N–H and O–H groups in total. The van der Waals surface area contributed by atoms with Crippen molar-refractivity contribution >= 4 is 5.96 Å². The topological polar surface area (TPSA) is 48.9 Å². The van der Waals surface area contributed by atoms with Gasteiger partial charge in [0.15, 0.2) is 5.96 Å². The summed E-state index contributed by atoms with van der Waals surface area (Å²) in [4.78, 5) is 7.01. The number of fused-ring (bicyclic) bond motifs is 1. The van der Waals surface area contributed by atoms with E-state index in [0.717, 1.165) is 19.7 Å². The van der Waals surface area contributed by atoms with E-state index >= 15 is 0 Å². The minimum absolute atomic E-state index is 0.177. The van der Waals surface area contributed by atoms with Crippen molar-refractivity contribution in [2.75, 3.05) is 32.8 Å². The van der Waals surface area contributed by atoms with Crippen LogP contribution in [0.3, 0.4) is 0 Å². The number of guanidine groups is 1. The first kappa shape index (κ1) is 17.2. The lowest BCUT2D eigenvalue weighted by Crippen LogP contribution is -2.51. The van der Waals surface area contributed by atoms with Crippen LogP contribution in [0.15, 0.2) is 29.3 Å². The minimum atomic E-state index is -0.215. The summed E-state index contributed by atoms with van der Waals surface area (Å²) in [7, 11) is 0. The fraction of sp³-hybridized carbons (Fsp3) is 0.611. The van der Waals surface area contributed by atoms with Crippen molar-refractivity contribution in [2.24, 2.45) is 4.99 Å². The Balaban J connectivity index is 1.52. The maximum atomic E-state index is 13.7. The Bertz CT molecular complexity index is 566. The maximum absolute atomic E-state index is 13.7. The third kappa shape index (κ3) is 4.45. The molecule has 0 radical (unpaired) electrons. The van der Waals surface area contributed by atoms with Gasteiger partial charge in [-0.1, -0.05) is 18.2 Å². The van der Waals surface area contributed by atoms with Gasteiger partial charge in [0.05, 0.1) is 19.3 Å². The number of halogens is 1. The average molecular weight is 334 g/mol. The molecule has 24 heavy (non-hydrogen) atoms. The molecule has 2 atom stereocenters. The Morgan fingerprint density at radius 2 is 2.25 bits per heavy atom. The van der Waals surface area contributed by atoms with E-state index in [9.17, 15) is 4.39 Å². The van der Waals surface area contributed by atoms with Crippen LogP contribution in [0.1, 0.15) is 25.3 Å². The Labute approximate surface area is 143 Å². The molecule has 1 aromatic rings. The molecule has 132 valence electrons. The van der Waals surface area contributed by atoms with Crippen molar-refractivity contribution in [3.05, 3.63) is 35.6 Å². The average Bonchev–Trinajstić information content (AvgIpc) is 3.06. The van der Waals surface area contributed by atoms with Crippen LogP contribution in [0.25, 0.3) is 0 Å². The molecule has 2 heterocycles. The van der Waals surface area contributed by atoms with Crippen LogP contribution >= 0.6 is 0 Å². The number of aliphatic imine (C=N–C) groups is 1. The fourth-order valence-electron chi connectivity index (χ4n) is 3.35. The van der Waals surface area contributed by atoms with E-state index in [1.54, 1.807) is 12.1 Å². The summed E-state index contributed by atoms with van der Waals surface area (Å²) in [5, 5.41) is 6.53. The highest BCUT2D eigenvalue weighted by atomic mass is 19.1. The lowest BCUT2D eigenvalue weighted by atomic mass is 10.2. The smallest absolute Gasteiger partial charge is 0.191 e. The molecule has 6 heteroatoms. The van der Waals surface area contributed by atoms with Gasteiger partial charge in [-0.05, 0) is 32.4 Å². The van der Waals surface area contributed by atoms with Crippen molar-refractivity contribution in [3.8, 4) is 0 Å². The van der Waals surface area contributed by atoms with Gasteiger partial charge in [-0.25, -0.2) is 9.38 Å². The minimum Gasteiger partial charge on any atom is -0.373 e. The van der Waals surface area contributed by atoms with Crippen molar-refractivity contribution in [2.45, 2.75) is 38.5 Å². The second kappa shape index (κ2) is 8.44. The van der Waals surface area contributed by atoms with Crippen molar-refractivity contribution in [3.63, 3.8) is 0 Å².